The SMILES string of the molecule is COc1c(N2CCC(=C(Cl)CNC(=O)CN)CC2)c(F)cc2c(=O)c(C(=O)O)cn(C3CC3)c12.O=C(O)C(F)(F)F. The minimum atomic E-state index is -5.08. The molecule has 2 aromatic rings. The van der Waals surface area contributed by atoms with E-state index < -0.39 is 34.9 Å². The maximum absolute atomic E-state index is 15.4. The summed E-state index contributed by atoms with van der Waals surface area (Å²) >= 11 is 6.36. The van der Waals surface area contributed by atoms with E-state index in [1.54, 1.807) is 4.57 Å². The molecule has 2 heterocycles. The van der Waals surface area contributed by atoms with Gasteiger partial charge in [0.05, 0.1) is 31.1 Å². The molecule has 1 saturated carbocycles. The molecule has 2 fully saturated rings. The Hall–Kier alpha value is -3.85. The summed E-state index contributed by atoms with van der Waals surface area (Å²) in [5, 5.41) is 19.8. The van der Waals surface area contributed by atoms with Gasteiger partial charge in [-0.05, 0) is 31.7 Å². The summed E-state index contributed by atoms with van der Waals surface area (Å²) in [7, 11) is 1.41. The lowest BCUT2D eigenvalue weighted by molar-refractivity contribution is -0.192. The fraction of sp³-hybridized carbons (Fsp3) is 0.440. The summed E-state index contributed by atoms with van der Waals surface area (Å²) < 4.78 is 54.5. The van der Waals surface area contributed by atoms with Crippen LogP contribution >= 0.6 is 11.6 Å². The lowest BCUT2D eigenvalue weighted by Gasteiger charge is -2.33. The van der Waals surface area contributed by atoms with Gasteiger partial charge in [-0.3, -0.25) is 9.59 Å². The van der Waals surface area contributed by atoms with Crippen molar-refractivity contribution in [3.05, 3.63) is 44.5 Å². The van der Waals surface area contributed by atoms with Crippen molar-refractivity contribution in [2.45, 2.75) is 37.9 Å². The molecular weight excluding hydrogens is 580 g/mol. The number of benzene rings is 1. The number of methoxy groups -OCH3 is 1. The molecule has 1 aliphatic heterocycles. The lowest BCUT2D eigenvalue weighted by Crippen LogP contribution is -2.34. The topological polar surface area (TPSA) is 164 Å². The Morgan fingerprint density at radius 2 is 1.78 bits per heavy atom. The molecular formula is C25H27ClF4N4O7. The zero-order chi connectivity index (χ0) is 30.6. The van der Waals surface area contributed by atoms with Gasteiger partial charge in [0, 0.05) is 30.4 Å². The van der Waals surface area contributed by atoms with E-state index in [9.17, 15) is 32.7 Å². The Morgan fingerprint density at radius 1 is 1.20 bits per heavy atom. The van der Waals surface area contributed by atoms with Crippen molar-refractivity contribution in [2.75, 3.05) is 38.2 Å². The molecule has 1 aromatic carbocycles. The first-order chi connectivity index (χ1) is 19.2. The van der Waals surface area contributed by atoms with Crippen LogP contribution in [-0.4, -0.2) is 72.1 Å². The Labute approximate surface area is 235 Å². The number of carboxylic acid groups (broad SMARTS) is 2. The quantitative estimate of drug-likeness (QED) is 0.347. The number of pyridine rings is 1. The number of piperidine rings is 1. The number of hydrogen-bond acceptors (Lipinski definition) is 7. The van der Waals surface area contributed by atoms with Gasteiger partial charge in [-0.2, -0.15) is 13.2 Å². The van der Waals surface area contributed by atoms with E-state index >= 15 is 4.39 Å². The molecule has 1 aliphatic carbocycles. The molecule has 0 spiro atoms. The van der Waals surface area contributed by atoms with Gasteiger partial charge in [0.25, 0.3) is 0 Å². The van der Waals surface area contributed by atoms with Crippen LogP contribution in [0, 0.1) is 5.82 Å². The average molecular weight is 607 g/mol. The molecule has 4 rings (SSSR count). The van der Waals surface area contributed by atoms with E-state index in [-0.39, 0.29) is 41.9 Å². The number of carbonyl (C=O) groups excluding carboxylic acids is 1. The van der Waals surface area contributed by atoms with E-state index in [1.165, 1.54) is 13.3 Å². The van der Waals surface area contributed by atoms with Crippen molar-refractivity contribution in [3.8, 4) is 5.75 Å². The van der Waals surface area contributed by atoms with Crippen molar-refractivity contribution in [3.63, 3.8) is 0 Å². The molecule has 2 aliphatic rings. The molecule has 1 saturated heterocycles. The number of hydrogen-bond donors (Lipinski definition) is 4. The minimum Gasteiger partial charge on any atom is -0.492 e. The predicted octanol–water partition coefficient (Wildman–Crippen LogP) is 2.98. The number of aromatic carboxylic acids is 1. The highest BCUT2D eigenvalue weighted by atomic mass is 35.5. The second kappa shape index (κ2) is 12.8. The van der Waals surface area contributed by atoms with Crippen molar-refractivity contribution in [1.82, 2.24) is 9.88 Å². The van der Waals surface area contributed by atoms with Crippen LogP contribution in [0.25, 0.3) is 10.9 Å². The molecule has 41 heavy (non-hydrogen) atoms. The standard InChI is InChI=1S/C23H26ClFN4O5.C2HF3O2/c1-34-22-19-14(21(31)15(23(32)33)11-29(19)13-2-3-13)8-17(25)20(22)28-6-4-12(5-7-28)16(24)10-27-18(30)9-26;3-2(4,5)1(6)7/h8,11,13H,2-7,9-10,26H2,1H3,(H,27,30)(H,32,33);(H,6,7). The first-order valence-electron chi connectivity index (χ1n) is 12.3. The Morgan fingerprint density at radius 3 is 2.24 bits per heavy atom. The summed E-state index contributed by atoms with van der Waals surface area (Å²) in [6.07, 6.45) is -0.952. The second-order valence-electron chi connectivity index (χ2n) is 9.23. The van der Waals surface area contributed by atoms with E-state index in [2.05, 4.69) is 5.32 Å². The third kappa shape index (κ3) is 7.27. The van der Waals surface area contributed by atoms with Crippen LogP contribution in [0.1, 0.15) is 42.1 Å². The number of nitrogens with two attached hydrogens (primary N) is 1. The number of amides is 1. The average Bonchev–Trinajstić information content (AvgIpc) is 3.76. The zero-order valence-electron chi connectivity index (χ0n) is 21.7. The smallest absolute Gasteiger partial charge is 0.490 e. The number of nitrogens with zero attached hydrogens (tertiary/aromatic N) is 2. The van der Waals surface area contributed by atoms with Crippen molar-refractivity contribution >= 4 is 46.0 Å². The molecule has 1 amide bonds. The first kappa shape index (κ1) is 31.7. The van der Waals surface area contributed by atoms with Gasteiger partial charge in [-0.25, -0.2) is 14.0 Å². The summed E-state index contributed by atoms with van der Waals surface area (Å²) in [5.74, 6) is -4.84. The van der Waals surface area contributed by atoms with Crippen molar-refractivity contribution < 1.29 is 46.9 Å². The highest BCUT2D eigenvalue weighted by Crippen LogP contribution is 2.44. The third-order valence-electron chi connectivity index (χ3n) is 6.51. The number of ether oxygens (including phenoxy) is 1. The molecule has 0 bridgehead atoms. The Balaban J connectivity index is 0.000000587. The maximum Gasteiger partial charge on any atom is 0.490 e. The number of halogens is 5. The van der Waals surface area contributed by atoms with E-state index in [4.69, 9.17) is 32.0 Å². The number of rotatable bonds is 7. The molecule has 0 atom stereocenters. The summed E-state index contributed by atoms with van der Waals surface area (Å²) in [4.78, 5) is 46.6. The van der Waals surface area contributed by atoms with Crippen LogP contribution in [0.3, 0.4) is 0 Å². The highest BCUT2D eigenvalue weighted by molar-refractivity contribution is 6.30. The number of carboxylic acids is 2. The number of aliphatic carboxylic acids is 1. The second-order valence-corrected chi connectivity index (χ2v) is 9.69. The Bertz CT molecular complexity index is 1440. The minimum absolute atomic E-state index is 0.0128. The molecule has 16 heteroatoms. The van der Waals surface area contributed by atoms with Crippen LogP contribution in [-0.2, 0) is 9.59 Å². The fourth-order valence-corrected chi connectivity index (χ4v) is 4.62. The molecule has 224 valence electrons. The maximum atomic E-state index is 15.4. The van der Waals surface area contributed by atoms with Crippen LogP contribution < -0.4 is 26.1 Å². The van der Waals surface area contributed by atoms with Crippen molar-refractivity contribution in [2.24, 2.45) is 5.73 Å². The number of fused-ring (bicyclic) bond motifs is 1. The Kier molecular flexibility index (Phi) is 9.86. The third-order valence-corrected chi connectivity index (χ3v) is 6.91. The normalized spacial score (nSPS) is 15.2. The van der Waals surface area contributed by atoms with Crippen LogP contribution in [0.15, 0.2) is 27.7 Å². The van der Waals surface area contributed by atoms with Crippen LogP contribution in [0.5, 0.6) is 5.75 Å². The molecule has 5 N–H and O–H groups in total. The molecule has 1 aromatic heterocycles. The fourth-order valence-electron chi connectivity index (χ4n) is 4.37. The van der Waals surface area contributed by atoms with E-state index in [0.29, 0.717) is 36.5 Å². The van der Waals surface area contributed by atoms with Gasteiger partial charge in [0.1, 0.15) is 11.3 Å². The van der Waals surface area contributed by atoms with E-state index in [1.807, 2.05) is 4.90 Å². The summed E-state index contributed by atoms with van der Waals surface area (Å²) in [5.41, 5.74) is 5.77. The van der Waals surface area contributed by atoms with Gasteiger partial charge in [-0.15, -0.1) is 0 Å². The predicted molar refractivity (Wildman–Crippen MR) is 140 cm³/mol. The van der Waals surface area contributed by atoms with Gasteiger partial charge in [-0.1, -0.05) is 17.2 Å². The number of aromatic nitrogens is 1. The number of anilines is 1. The summed E-state index contributed by atoms with van der Waals surface area (Å²) in [6.45, 7) is 0.987. The lowest BCUT2D eigenvalue weighted by atomic mass is 10.0. The van der Waals surface area contributed by atoms with Gasteiger partial charge >= 0.3 is 18.1 Å². The van der Waals surface area contributed by atoms with Gasteiger partial charge in [0.15, 0.2) is 11.6 Å². The molecule has 0 radical (unpaired) electrons. The van der Waals surface area contributed by atoms with Gasteiger partial charge in [0.2, 0.25) is 11.3 Å². The zero-order valence-corrected chi connectivity index (χ0v) is 22.4. The van der Waals surface area contributed by atoms with Crippen LogP contribution in [0.2, 0.25) is 0 Å². The number of alkyl halides is 3. The van der Waals surface area contributed by atoms with Crippen LogP contribution in [0.4, 0.5) is 23.2 Å². The largest absolute Gasteiger partial charge is 0.492 e. The van der Waals surface area contributed by atoms with Crippen molar-refractivity contribution in [1.29, 1.82) is 0 Å². The monoisotopic (exact) mass is 606 g/mol. The summed E-state index contributed by atoms with van der Waals surface area (Å²) in [6, 6.07) is 1.15. The number of nitrogens with one attached hydrogen (secondary N) is 1. The van der Waals surface area contributed by atoms with Gasteiger partial charge < -0.3 is 35.5 Å². The number of carbonyl (C=O) groups is 3. The van der Waals surface area contributed by atoms with E-state index in [0.717, 1.165) is 24.5 Å². The first-order valence-corrected chi connectivity index (χ1v) is 12.7. The molecule has 0 unspecified atom stereocenters. The molecule has 11 nitrogen and oxygen atoms in total. The highest BCUT2D eigenvalue weighted by Gasteiger charge is 2.38.